The first-order chi connectivity index (χ1) is 8.15. The summed E-state index contributed by atoms with van der Waals surface area (Å²) in [5.41, 5.74) is 1.16. The number of thiazole rings is 1. The highest BCUT2D eigenvalue weighted by Crippen LogP contribution is 2.14. The van der Waals surface area contributed by atoms with Crippen molar-refractivity contribution in [2.45, 2.75) is 13.1 Å². The van der Waals surface area contributed by atoms with Crippen LogP contribution in [-0.4, -0.2) is 16.1 Å². The standard InChI is InChI=1S/C10H10N2O3S2/c13-9(14)6-1-8(16-4-6)3-11-2-7-5-17-10(15)12-7/h1,4-5,11H,2-3H2,(H,12,15)(H,13,14). The van der Waals surface area contributed by atoms with Crippen LogP contribution in [0.5, 0.6) is 0 Å². The summed E-state index contributed by atoms with van der Waals surface area (Å²) in [5, 5.41) is 15.3. The maximum absolute atomic E-state index is 10.9. The Balaban J connectivity index is 1.85. The zero-order valence-electron chi connectivity index (χ0n) is 8.73. The molecule has 0 unspecified atom stereocenters. The lowest BCUT2D eigenvalue weighted by molar-refractivity contribution is 0.0697. The molecule has 0 saturated carbocycles. The maximum Gasteiger partial charge on any atom is 0.336 e. The molecule has 0 bridgehead atoms. The summed E-state index contributed by atoms with van der Waals surface area (Å²) in [6.07, 6.45) is 0. The number of hydrogen-bond acceptors (Lipinski definition) is 5. The van der Waals surface area contributed by atoms with Crippen LogP contribution < -0.4 is 10.2 Å². The molecule has 2 aromatic heterocycles. The molecule has 2 heterocycles. The molecule has 0 fully saturated rings. The molecule has 0 aliphatic rings. The van der Waals surface area contributed by atoms with Crippen LogP contribution >= 0.6 is 22.7 Å². The summed E-state index contributed by atoms with van der Waals surface area (Å²) < 4.78 is 0. The minimum Gasteiger partial charge on any atom is -0.478 e. The number of H-pyrrole nitrogens is 1. The molecule has 0 amide bonds. The molecular formula is C10H10N2O3S2. The molecule has 0 atom stereocenters. The zero-order valence-corrected chi connectivity index (χ0v) is 10.4. The van der Waals surface area contributed by atoms with E-state index in [4.69, 9.17) is 5.11 Å². The van der Waals surface area contributed by atoms with E-state index in [0.717, 1.165) is 21.9 Å². The minimum absolute atomic E-state index is 0.0638. The van der Waals surface area contributed by atoms with E-state index in [9.17, 15) is 9.59 Å². The molecule has 0 aliphatic carbocycles. The van der Waals surface area contributed by atoms with E-state index in [2.05, 4.69) is 10.3 Å². The first-order valence-electron chi connectivity index (χ1n) is 4.83. The number of aromatic nitrogens is 1. The summed E-state index contributed by atoms with van der Waals surface area (Å²) in [6.45, 7) is 1.16. The molecule has 0 aliphatic heterocycles. The van der Waals surface area contributed by atoms with Crippen LogP contribution in [0.1, 0.15) is 20.9 Å². The Labute approximate surface area is 105 Å². The topological polar surface area (TPSA) is 82.2 Å². The highest BCUT2D eigenvalue weighted by molar-refractivity contribution is 7.10. The Hall–Kier alpha value is -1.44. The molecule has 5 nitrogen and oxygen atoms in total. The van der Waals surface area contributed by atoms with Gasteiger partial charge in [-0.05, 0) is 6.07 Å². The van der Waals surface area contributed by atoms with Gasteiger partial charge in [0, 0.05) is 34.4 Å². The van der Waals surface area contributed by atoms with E-state index >= 15 is 0 Å². The number of nitrogens with one attached hydrogen (secondary N) is 2. The second-order valence-electron chi connectivity index (χ2n) is 3.38. The molecular weight excluding hydrogens is 260 g/mol. The van der Waals surface area contributed by atoms with Crippen LogP contribution in [-0.2, 0) is 13.1 Å². The molecule has 17 heavy (non-hydrogen) atoms. The van der Waals surface area contributed by atoms with Gasteiger partial charge in [0.2, 0.25) is 0 Å². The van der Waals surface area contributed by atoms with Crippen molar-refractivity contribution in [3.63, 3.8) is 0 Å². The lowest BCUT2D eigenvalue weighted by Crippen LogP contribution is -2.13. The quantitative estimate of drug-likeness (QED) is 0.768. The number of aromatic amines is 1. The Morgan fingerprint density at radius 1 is 1.35 bits per heavy atom. The molecule has 90 valence electrons. The van der Waals surface area contributed by atoms with Gasteiger partial charge in [0.15, 0.2) is 0 Å². The lowest BCUT2D eigenvalue weighted by atomic mass is 10.3. The van der Waals surface area contributed by atoms with E-state index in [1.807, 2.05) is 0 Å². The minimum atomic E-state index is -0.908. The monoisotopic (exact) mass is 270 g/mol. The van der Waals surface area contributed by atoms with E-state index in [0.29, 0.717) is 18.7 Å². The summed E-state index contributed by atoms with van der Waals surface area (Å²) in [7, 11) is 0. The van der Waals surface area contributed by atoms with E-state index in [1.54, 1.807) is 16.8 Å². The van der Waals surface area contributed by atoms with Gasteiger partial charge in [-0.2, -0.15) is 0 Å². The average Bonchev–Trinajstić information content (AvgIpc) is 2.88. The summed E-state index contributed by atoms with van der Waals surface area (Å²) in [6, 6.07) is 1.65. The number of hydrogen-bond donors (Lipinski definition) is 3. The second kappa shape index (κ2) is 5.26. The number of carboxylic acids is 1. The first-order valence-corrected chi connectivity index (χ1v) is 6.59. The number of thiophene rings is 1. The second-order valence-corrected chi connectivity index (χ2v) is 5.22. The van der Waals surface area contributed by atoms with Gasteiger partial charge in [-0.15, -0.1) is 11.3 Å². The van der Waals surface area contributed by atoms with Crippen LogP contribution in [0.3, 0.4) is 0 Å². The van der Waals surface area contributed by atoms with Crippen LogP contribution in [0, 0.1) is 0 Å². The summed E-state index contributed by atoms with van der Waals surface area (Å²) >= 11 is 2.54. The third-order valence-corrected chi connectivity index (χ3v) is 3.74. The van der Waals surface area contributed by atoms with Crippen molar-refractivity contribution >= 4 is 28.6 Å². The zero-order chi connectivity index (χ0) is 12.3. The third kappa shape index (κ3) is 3.26. The fourth-order valence-electron chi connectivity index (χ4n) is 1.31. The van der Waals surface area contributed by atoms with Crippen molar-refractivity contribution in [2.24, 2.45) is 0 Å². The molecule has 0 spiro atoms. The van der Waals surface area contributed by atoms with Crippen molar-refractivity contribution in [2.75, 3.05) is 0 Å². The fraction of sp³-hybridized carbons (Fsp3) is 0.200. The molecule has 2 aromatic rings. The Kier molecular flexibility index (Phi) is 3.72. The van der Waals surface area contributed by atoms with Crippen LogP contribution in [0.25, 0.3) is 0 Å². The Morgan fingerprint density at radius 3 is 2.76 bits per heavy atom. The van der Waals surface area contributed by atoms with Gasteiger partial charge >= 0.3 is 10.8 Å². The van der Waals surface area contributed by atoms with Crippen LogP contribution in [0.15, 0.2) is 21.6 Å². The van der Waals surface area contributed by atoms with Gasteiger partial charge in [-0.1, -0.05) is 11.3 Å². The molecule has 0 radical (unpaired) electrons. The van der Waals surface area contributed by atoms with Gasteiger partial charge < -0.3 is 15.4 Å². The van der Waals surface area contributed by atoms with E-state index in [1.165, 1.54) is 11.3 Å². The van der Waals surface area contributed by atoms with Crippen molar-refractivity contribution in [3.8, 4) is 0 Å². The number of aromatic carboxylic acids is 1. The SMILES string of the molecule is O=C(O)c1csc(CNCc2csc(=O)[nH]2)c1. The summed E-state index contributed by atoms with van der Waals surface area (Å²) in [5.74, 6) is -0.908. The molecule has 2 rings (SSSR count). The molecule has 0 aromatic carbocycles. The smallest absolute Gasteiger partial charge is 0.336 e. The normalized spacial score (nSPS) is 10.6. The number of carboxylic acid groups (broad SMARTS) is 1. The van der Waals surface area contributed by atoms with Gasteiger partial charge in [-0.25, -0.2) is 4.79 Å². The van der Waals surface area contributed by atoms with E-state index in [-0.39, 0.29) is 4.87 Å². The van der Waals surface area contributed by atoms with Crippen molar-refractivity contribution in [3.05, 3.63) is 42.6 Å². The third-order valence-electron chi connectivity index (χ3n) is 2.09. The summed E-state index contributed by atoms with van der Waals surface area (Å²) in [4.78, 5) is 25.1. The first kappa shape index (κ1) is 12.0. The molecule has 3 N–H and O–H groups in total. The van der Waals surface area contributed by atoms with Crippen molar-refractivity contribution in [1.29, 1.82) is 0 Å². The molecule has 0 saturated heterocycles. The largest absolute Gasteiger partial charge is 0.478 e. The van der Waals surface area contributed by atoms with Crippen molar-refractivity contribution < 1.29 is 9.90 Å². The lowest BCUT2D eigenvalue weighted by Gasteiger charge is -1.99. The Morgan fingerprint density at radius 2 is 2.18 bits per heavy atom. The predicted octanol–water partition coefficient (Wildman–Crippen LogP) is 1.49. The highest BCUT2D eigenvalue weighted by atomic mass is 32.1. The highest BCUT2D eigenvalue weighted by Gasteiger charge is 2.06. The van der Waals surface area contributed by atoms with Gasteiger partial charge in [0.1, 0.15) is 0 Å². The number of carbonyl (C=O) groups is 1. The van der Waals surface area contributed by atoms with Gasteiger partial charge in [-0.3, -0.25) is 4.79 Å². The number of rotatable bonds is 5. The average molecular weight is 270 g/mol. The predicted molar refractivity (Wildman–Crippen MR) is 66.8 cm³/mol. The van der Waals surface area contributed by atoms with Crippen LogP contribution in [0.2, 0.25) is 0 Å². The van der Waals surface area contributed by atoms with E-state index < -0.39 is 5.97 Å². The van der Waals surface area contributed by atoms with Crippen LogP contribution in [0.4, 0.5) is 0 Å². The van der Waals surface area contributed by atoms with Crippen molar-refractivity contribution in [1.82, 2.24) is 10.3 Å². The maximum atomic E-state index is 10.9. The van der Waals surface area contributed by atoms with Gasteiger partial charge in [0.05, 0.1) is 5.56 Å². The fourth-order valence-corrected chi connectivity index (χ4v) is 2.72. The van der Waals surface area contributed by atoms with Gasteiger partial charge in [0.25, 0.3) is 0 Å². The Bertz CT molecular complexity index is 570. The molecule has 7 heteroatoms.